The van der Waals surface area contributed by atoms with Crippen molar-refractivity contribution in [2.24, 2.45) is 29.1 Å². The predicted octanol–water partition coefficient (Wildman–Crippen LogP) is 5.56. The van der Waals surface area contributed by atoms with Gasteiger partial charge in [-0.2, -0.15) is 0 Å². The van der Waals surface area contributed by atoms with E-state index in [0.29, 0.717) is 23.3 Å². The summed E-state index contributed by atoms with van der Waals surface area (Å²) in [5.41, 5.74) is 3.36. The van der Waals surface area contributed by atoms with Gasteiger partial charge in [0, 0.05) is 6.42 Å². The number of allylic oxidation sites excluding steroid dienone is 3. The monoisotopic (exact) mass is 416 g/mol. The first-order chi connectivity index (χ1) is 14.1. The Morgan fingerprint density at radius 2 is 1.83 bits per heavy atom. The second-order valence-electron chi connectivity index (χ2n) is 11.1. The van der Waals surface area contributed by atoms with Gasteiger partial charge in [-0.25, -0.2) is 0 Å². The van der Waals surface area contributed by atoms with Gasteiger partial charge in [-0.3, -0.25) is 0 Å². The zero-order valence-electron chi connectivity index (χ0n) is 19.6. The minimum atomic E-state index is -1.13. The molecule has 0 aromatic rings. The van der Waals surface area contributed by atoms with Crippen molar-refractivity contribution in [1.82, 2.24) is 0 Å². The average Bonchev–Trinajstić information content (AvgIpc) is 3.05. The van der Waals surface area contributed by atoms with Gasteiger partial charge in [0.2, 0.25) is 0 Å². The van der Waals surface area contributed by atoms with Crippen LogP contribution in [0.25, 0.3) is 0 Å². The summed E-state index contributed by atoms with van der Waals surface area (Å²) in [6.45, 7) is 13.6. The Morgan fingerprint density at radius 1 is 1.10 bits per heavy atom. The molecule has 0 aromatic heterocycles. The zero-order valence-corrected chi connectivity index (χ0v) is 19.6. The van der Waals surface area contributed by atoms with Crippen molar-refractivity contribution < 1.29 is 15.3 Å². The number of fused-ring (bicyclic) bond motifs is 1. The van der Waals surface area contributed by atoms with Gasteiger partial charge in [-0.1, -0.05) is 71.3 Å². The lowest BCUT2D eigenvalue weighted by molar-refractivity contribution is -0.0530. The number of hydrogen-bond donors (Lipinski definition) is 3. The molecule has 3 fully saturated rings. The van der Waals surface area contributed by atoms with Gasteiger partial charge in [-0.15, -0.1) is 0 Å². The first-order valence-electron chi connectivity index (χ1n) is 12.3. The Labute approximate surface area is 184 Å². The summed E-state index contributed by atoms with van der Waals surface area (Å²) in [6.07, 6.45) is 12.0. The van der Waals surface area contributed by atoms with E-state index < -0.39 is 18.3 Å². The molecule has 3 aliphatic rings. The molecule has 0 spiro atoms. The maximum Gasteiger partial charge on any atom is 0.110 e. The van der Waals surface area contributed by atoms with Gasteiger partial charge in [0.1, 0.15) is 12.2 Å². The van der Waals surface area contributed by atoms with E-state index in [4.69, 9.17) is 0 Å². The summed E-state index contributed by atoms with van der Waals surface area (Å²) >= 11 is 0. The van der Waals surface area contributed by atoms with E-state index in [9.17, 15) is 15.3 Å². The minimum absolute atomic E-state index is 0.359. The van der Waals surface area contributed by atoms with Gasteiger partial charge in [0.25, 0.3) is 0 Å². The molecule has 3 rings (SSSR count). The Kier molecular flexibility index (Phi) is 7.69. The molecule has 3 nitrogen and oxygen atoms in total. The second kappa shape index (κ2) is 9.71. The van der Waals surface area contributed by atoms with Crippen LogP contribution in [0, 0.1) is 29.1 Å². The molecule has 0 aromatic carbocycles. The highest BCUT2D eigenvalue weighted by Crippen LogP contribution is 2.59. The Morgan fingerprint density at radius 3 is 2.53 bits per heavy atom. The Balaban J connectivity index is 1.72. The highest BCUT2D eigenvalue weighted by atomic mass is 16.4. The molecule has 0 heterocycles. The summed E-state index contributed by atoms with van der Waals surface area (Å²) in [5, 5.41) is 30.1. The van der Waals surface area contributed by atoms with E-state index in [1.807, 2.05) is 0 Å². The molecule has 0 radical (unpaired) electrons. The summed E-state index contributed by atoms with van der Waals surface area (Å²) in [4.78, 5) is 0. The van der Waals surface area contributed by atoms with E-state index in [2.05, 4.69) is 46.4 Å². The standard InChI is InChI=1S/C27H44O3/c1-17(2)8-6-9-18(3)22-13-14-23-20(10-7-15-27(22,23)5)11-12-21-16-24(28)26(30)25(29)19(21)4/h11-12,17-18,22-26,28-30H,4,6-10,13-16H2,1-3,5H3/b20-11?,21-12-/t18-,22-,23?,24-,25+,26+,27-/m1/s1. The molecule has 170 valence electrons. The highest BCUT2D eigenvalue weighted by Gasteiger charge is 2.50. The first kappa shape index (κ1) is 23.8. The fourth-order valence-electron chi connectivity index (χ4n) is 6.73. The number of aliphatic hydroxyl groups is 3. The molecule has 0 bridgehead atoms. The average molecular weight is 417 g/mol. The van der Waals surface area contributed by atoms with Crippen LogP contribution in [-0.4, -0.2) is 33.6 Å². The van der Waals surface area contributed by atoms with E-state index in [0.717, 1.165) is 29.7 Å². The van der Waals surface area contributed by atoms with Crippen molar-refractivity contribution in [2.45, 2.75) is 104 Å². The third kappa shape index (κ3) is 4.79. The van der Waals surface area contributed by atoms with E-state index in [1.165, 1.54) is 50.5 Å². The molecule has 7 atom stereocenters. The van der Waals surface area contributed by atoms with Crippen LogP contribution in [0.5, 0.6) is 0 Å². The van der Waals surface area contributed by atoms with Crippen molar-refractivity contribution in [3.63, 3.8) is 0 Å². The van der Waals surface area contributed by atoms with Gasteiger partial charge in [0.15, 0.2) is 0 Å². The van der Waals surface area contributed by atoms with Crippen LogP contribution in [0.2, 0.25) is 0 Å². The van der Waals surface area contributed by atoms with E-state index >= 15 is 0 Å². The molecule has 30 heavy (non-hydrogen) atoms. The highest BCUT2D eigenvalue weighted by molar-refractivity contribution is 5.40. The largest absolute Gasteiger partial charge is 0.390 e. The topological polar surface area (TPSA) is 60.7 Å². The fraction of sp³-hybridized carbons (Fsp3) is 0.778. The molecule has 0 saturated heterocycles. The van der Waals surface area contributed by atoms with Crippen molar-refractivity contribution >= 4 is 0 Å². The van der Waals surface area contributed by atoms with Gasteiger partial charge < -0.3 is 15.3 Å². The SMILES string of the molecule is C=C1/C(=C\C=C2CCC[C@@]3(C)C2CC[C@@H]3[C@H](C)CCCC(C)C)C[C@@H](O)[C@H](O)[C@H]1O. The number of rotatable bonds is 6. The summed E-state index contributed by atoms with van der Waals surface area (Å²) in [5.74, 6) is 3.06. The molecule has 0 amide bonds. The molecule has 0 aliphatic heterocycles. The predicted molar refractivity (Wildman–Crippen MR) is 124 cm³/mol. The summed E-state index contributed by atoms with van der Waals surface area (Å²) in [7, 11) is 0. The second-order valence-corrected chi connectivity index (χ2v) is 11.1. The normalized spacial score (nSPS) is 40.9. The van der Waals surface area contributed by atoms with Crippen LogP contribution < -0.4 is 0 Å². The van der Waals surface area contributed by atoms with Crippen LogP contribution in [0.3, 0.4) is 0 Å². The maximum absolute atomic E-state index is 10.1. The summed E-state index contributed by atoms with van der Waals surface area (Å²) in [6, 6.07) is 0. The quantitative estimate of drug-likeness (QED) is 0.531. The molecular formula is C27H44O3. The van der Waals surface area contributed by atoms with E-state index in [1.54, 1.807) is 0 Å². The molecule has 3 aliphatic carbocycles. The molecule has 3 heteroatoms. The Hall–Kier alpha value is -0.900. The van der Waals surface area contributed by atoms with Gasteiger partial charge >= 0.3 is 0 Å². The summed E-state index contributed by atoms with van der Waals surface area (Å²) < 4.78 is 0. The Bertz CT molecular complexity index is 676. The molecule has 3 N–H and O–H groups in total. The van der Waals surface area contributed by atoms with Crippen LogP contribution in [-0.2, 0) is 0 Å². The fourth-order valence-corrected chi connectivity index (χ4v) is 6.73. The molecule has 3 saturated carbocycles. The minimum Gasteiger partial charge on any atom is -0.390 e. The van der Waals surface area contributed by atoms with Crippen LogP contribution in [0.1, 0.15) is 85.5 Å². The lowest BCUT2D eigenvalue weighted by atomic mass is 9.60. The molecular weight excluding hydrogens is 372 g/mol. The smallest absolute Gasteiger partial charge is 0.110 e. The van der Waals surface area contributed by atoms with Crippen molar-refractivity contribution in [3.8, 4) is 0 Å². The van der Waals surface area contributed by atoms with Crippen LogP contribution >= 0.6 is 0 Å². The van der Waals surface area contributed by atoms with Crippen LogP contribution in [0.15, 0.2) is 35.5 Å². The van der Waals surface area contributed by atoms with Crippen molar-refractivity contribution in [2.75, 3.05) is 0 Å². The van der Waals surface area contributed by atoms with Crippen molar-refractivity contribution in [3.05, 3.63) is 35.5 Å². The third-order valence-corrected chi connectivity index (χ3v) is 8.58. The van der Waals surface area contributed by atoms with Crippen LogP contribution in [0.4, 0.5) is 0 Å². The van der Waals surface area contributed by atoms with Gasteiger partial charge in [-0.05, 0) is 72.3 Å². The first-order valence-corrected chi connectivity index (χ1v) is 12.3. The number of aliphatic hydroxyl groups excluding tert-OH is 3. The van der Waals surface area contributed by atoms with Gasteiger partial charge in [0.05, 0.1) is 6.10 Å². The third-order valence-electron chi connectivity index (χ3n) is 8.58. The lowest BCUT2D eigenvalue weighted by Crippen LogP contribution is -2.43. The molecule has 1 unspecified atom stereocenters. The number of hydrogen-bond acceptors (Lipinski definition) is 3. The van der Waals surface area contributed by atoms with Crippen molar-refractivity contribution in [1.29, 1.82) is 0 Å². The maximum atomic E-state index is 10.1. The van der Waals surface area contributed by atoms with E-state index in [-0.39, 0.29) is 0 Å². The lowest BCUT2D eigenvalue weighted by Gasteiger charge is -2.44. The zero-order chi connectivity index (χ0) is 22.1.